The first-order valence-corrected chi connectivity index (χ1v) is 9.11. The van der Waals surface area contributed by atoms with E-state index < -0.39 is 0 Å². The van der Waals surface area contributed by atoms with Gasteiger partial charge in [0.25, 0.3) is 0 Å². The second-order valence-corrected chi connectivity index (χ2v) is 6.07. The third kappa shape index (κ3) is 7.27. The van der Waals surface area contributed by atoms with E-state index in [1.807, 2.05) is 32.0 Å². The molecular weight excluding hydrogens is 345 g/mol. The second kappa shape index (κ2) is 11.2. The number of nitrogens with zero attached hydrogens (tertiary/aromatic N) is 1. The number of aliphatic imine (C=N–C) groups is 1. The van der Waals surface area contributed by atoms with Gasteiger partial charge in [-0.3, -0.25) is 4.99 Å². The second-order valence-electron chi connectivity index (χ2n) is 6.07. The third-order valence-corrected chi connectivity index (χ3v) is 3.93. The molecule has 0 amide bonds. The van der Waals surface area contributed by atoms with Crippen molar-refractivity contribution in [3.05, 3.63) is 65.0 Å². The third-order valence-electron chi connectivity index (χ3n) is 3.93. The van der Waals surface area contributed by atoms with Gasteiger partial charge in [0.05, 0.1) is 6.61 Å². The first-order chi connectivity index (χ1) is 13.1. The van der Waals surface area contributed by atoms with Gasteiger partial charge in [-0.2, -0.15) is 0 Å². The van der Waals surface area contributed by atoms with Crippen LogP contribution in [-0.4, -0.2) is 32.8 Å². The van der Waals surface area contributed by atoms with Crippen molar-refractivity contribution >= 4 is 5.96 Å². The zero-order valence-electron chi connectivity index (χ0n) is 16.2. The molecule has 0 atom stereocenters. The molecule has 0 heterocycles. The zero-order valence-corrected chi connectivity index (χ0v) is 16.2. The summed E-state index contributed by atoms with van der Waals surface area (Å²) in [7, 11) is 1.70. The highest BCUT2D eigenvalue weighted by Gasteiger charge is 2.06. The highest BCUT2D eigenvalue weighted by Crippen LogP contribution is 2.20. The Morgan fingerprint density at radius 1 is 1.07 bits per heavy atom. The number of nitrogens with one attached hydrogen (secondary N) is 2. The van der Waals surface area contributed by atoms with Crippen molar-refractivity contribution in [1.82, 2.24) is 10.6 Å². The Morgan fingerprint density at radius 3 is 2.63 bits per heavy atom. The molecule has 0 fully saturated rings. The van der Waals surface area contributed by atoms with Crippen molar-refractivity contribution < 1.29 is 13.9 Å². The van der Waals surface area contributed by atoms with E-state index in [1.54, 1.807) is 13.1 Å². The van der Waals surface area contributed by atoms with Crippen LogP contribution in [0.3, 0.4) is 0 Å². The average Bonchev–Trinajstić information content (AvgIpc) is 2.66. The smallest absolute Gasteiger partial charge is 0.191 e. The molecule has 0 radical (unpaired) electrons. The number of guanidine groups is 1. The van der Waals surface area contributed by atoms with Crippen LogP contribution < -0.4 is 15.4 Å². The first-order valence-electron chi connectivity index (χ1n) is 9.11. The lowest BCUT2D eigenvalue weighted by atomic mass is 10.1. The summed E-state index contributed by atoms with van der Waals surface area (Å²) in [6, 6.07) is 12.6. The van der Waals surface area contributed by atoms with Crippen molar-refractivity contribution in [1.29, 1.82) is 0 Å². The molecule has 6 heteroatoms. The molecular formula is C21H28FN3O2. The SMILES string of the molecule is CCOCCOc1cc(C)ccc1CNC(=NC)NCc1cccc(F)c1. The first kappa shape index (κ1) is 20.7. The van der Waals surface area contributed by atoms with Crippen LogP contribution in [0.25, 0.3) is 0 Å². The van der Waals surface area contributed by atoms with E-state index in [9.17, 15) is 4.39 Å². The van der Waals surface area contributed by atoms with Crippen molar-refractivity contribution in [2.75, 3.05) is 26.9 Å². The monoisotopic (exact) mass is 373 g/mol. The van der Waals surface area contributed by atoms with Crippen LogP contribution in [0.4, 0.5) is 4.39 Å². The largest absolute Gasteiger partial charge is 0.491 e. The van der Waals surface area contributed by atoms with Crippen molar-refractivity contribution in [2.45, 2.75) is 26.9 Å². The van der Waals surface area contributed by atoms with Gasteiger partial charge in [-0.1, -0.05) is 24.3 Å². The molecule has 0 aliphatic carbocycles. The van der Waals surface area contributed by atoms with Crippen molar-refractivity contribution in [3.63, 3.8) is 0 Å². The quantitative estimate of drug-likeness (QED) is 0.402. The summed E-state index contributed by atoms with van der Waals surface area (Å²) >= 11 is 0. The van der Waals surface area contributed by atoms with Crippen LogP contribution >= 0.6 is 0 Å². The maximum atomic E-state index is 13.3. The van der Waals surface area contributed by atoms with E-state index >= 15 is 0 Å². The van der Waals surface area contributed by atoms with Gasteiger partial charge in [0.2, 0.25) is 0 Å². The van der Waals surface area contributed by atoms with Crippen LogP contribution in [0, 0.1) is 12.7 Å². The molecule has 2 aromatic rings. The number of hydrogen-bond donors (Lipinski definition) is 2. The van der Waals surface area contributed by atoms with Gasteiger partial charge in [-0.25, -0.2) is 4.39 Å². The van der Waals surface area contributed by atoms with Gasteiger partial charge >= 0.3 is 0 Å². The number of aryl methyl sites for hydroxylation is 1. The highest BCUT2D eigenvalue weighted by molar-refractivity contribution is 5.79. The molecule has 2 N–H and O–H groups in total. The van der Waals surface area contributed by atoms with Crippen LogP contribution in [0.2, 0.25) is 0 Å². The molecule has 2 aromatic carbocycles. The molecule has 0 saturated heterocycles. The zero-order chi connectivity index (χ0) is 19.5. The molecule has 5 nitrogen and oxygen atoms in total. The van der Waals surface area contributed by atoms with Crippen molar-refractivity contribution in [2.24, 2.45) is 4.99 Å². The molecule has 0 unspecified atom stereocenters. The molecule has 0 aliphatic heterocycles. The van der Waals surface area contributed by atoms with Gasteiger partial charge in [0, 0.05) is 32.3 Å². The Morgan fingerprint density at radius 2 is 1.89 bits per heavy atom. The lowest BCUT2D eigenvalue weighted by Gasteiger charge is -2.15. The highest BCUT2D eigenvalue weighted by atomic mass is 19.1. The maximum absolute atomic E-state index is 13.3. The lowest BCUT2D eigenvalue weighted by Crippen LogP contribution is -2.36. The number of hydrogen-bond acceptors (Lipinski definition) is 3. The lowest BCUT2D eigenvalue weighted by molar-refractivity contribution is 0.110. The molecule has 146 valence electrons. The van der Waals surface area contributed by atoms with E-state index in [-0.39, 0.29) is 5.82 Å². The predicted molar refractivity (Wildman–Crippen MR) is 107 cm³/mol. The normalized spacial score (nSPS) is 11.3. The van der Waals surface area contributed by atoms with Gasteiger partial charge in [-0.05, 0) is 43.2 Å². The topological polar surface area (TPSA) is 54.9 Å². The summed E-state index contributed by atoms with van der Waals surface area (Å²) in [6.45, 7) is 6.80. The average molecular weight is 373 g/mol. The maximum Gasteiger partial charge on any atom is 0.191 e. The van der Waals surface area contributed by atoms with E-state index in [1.165, 1.54) is 12.1 Å². The number of rotatable bonds is 9. The molecule has 2 rings (SSSR count). The van der Waals surface area contributed by atoms with Crippen LogP contribution in [0.5, 0.6) is 5.75 Å². The number of benzene rings is 2. The summed E-state index contributed by atoms with van der Waals surface area (Å²) < 4.78 is 24.5. The van der Waals surface area contributed by atoms with Crippen LogP contribution in [0.1, 0.15) is 23.6 Å². The number of halogens is 1. The standard InChI is InChI=1S/C21H28FN3O2/c1-4-26-10-11-27-20-12-16(2)8-9-18(20)15-25-21(23-3)24-14-17-6-5-7-19(22)13-17/h5-9,12-13H,4,10-11,14-15H2,1-3H3,(H2,23,24,25). The summed E-state index contributed by atoms with van der Waals surface area (Å²) in [5.41, 5.74) is 3.03. The summed E-state index contributed by atoms with van der Waals surface area (Å²) in [5.74, 6) is 1.23. The minimum Gasteiger partial charge on any atom is -0.491 e. The molecule has 0 spiro atoms. The Hall–Kier alpha value is -2.60. The molecule has 0 aromatic heterocycles. The van der Waals surface area contributed by atoms with Gasteiger partial charge in [0.15, 0.2) is 5.96 Å². The van der Waals surface area contributed by atoms with E-state index in [0.29, 0.717) is 38.9 Å². The van der Waals surface area contributed by atoms with E-state index in [4.69, 9.17) is 9.47 Å². The van der Waals surface area contributed by atoms with Gasteiger partial charge in [0.1, 0.15) is 18.2 Å². The fourth-order valence-electron chi connectivity index (χ4n) is 2.53. The fourth-order valence-corrected chi connectivity index (χ4v) is 2.53. The van der Waals surface area contributed by atoms with Crippen LogP contribution in [-0.2, 0) is 17.8 Å². The molecule has 0 bridgehead atoms. The summed E-state index contributed by atoms with van der Waals surface area (Å²) in [6.07, 6.45) is 0. The molecule has 0 saturated carbocycles. The Bertz CT molecular complexity index is 750. The summed E-state index contributed by atoms with van der Waals surface area (Å²) in [5, 5.41) is 6.45. The molecule has 27 heavy (non-hydrogen) atoms. The van der Waals surface area contributed by atoms with E-state index in [2.05, 4.69) is 21.7 Å². The predicted octanol–water partition coefficient (Wildman–Crippen LogP) is 3.41. The fraction of sp³-hybridized carbons (Fsp3) is 0.381. The minimum absolute atomic E-state index is 0.245. The summed E-state index contributed by atoms with van der Waals surface area (Å²) in [4.78, 5) is 4.21. The van der Waals surface area contributed by atoms with Crippen LogP contribution in [0.15, 0.2) is 47.5 Å². The minimum atomic E-state index is -0.245. The van der Waals surface area contributed by atoms with Gasteiger partial charge < -0.3 is 20.1 Å². The Balaban J connectivity index is 1.91. The van der Waals surface area contributed by atoms with Gasteiger partial charge in [-0.15, -0.1) is 0 Å². The Labute approximate surface area is 160 Å². The van der Waals surface area contributed by atoms with E-state index in [0.717, 1.165) is 22.4 Å². The Kier molecular flexibility index (Phi) is 8.58. The number of ether oxygens (including phenoxy) is 2. The molecule has 0 aliphatic rings. The van der Waals surface area contributed by atoms with Crippen molar-refractivity contribution in [3.8, 4) is 5.75 Å².